The standard InChI is InChI=1S/C10H15ClO2/c1-7(2)10(12)13-9-5-3-8(11)4-6-9/h3,5,7-9H,4,6H2,1-2H3. The van der Waals surface area contributed by atoms with Gasteiger partial charge in [-0.15, -0.1) is 11.6 Å². The van der Waals surface area contributed by atoms with Crippen LogP contribution in [0.5, 0.6) is 0 Å². The Morgan fingerprint density at radius 3 is 2.62 bits per heavy atom. The second-order valence-electron chi connectivity index (χ2n) is 3.61. The molecule has 1 aliphatic carbocycles. The van der Waals surface area contributed by atoms with Crippen LogP contribution in [0.2, 0.25) is 0 Å². The predicted octanol–water partition coefficient (Wildman–Crippen LogP) is 2.51. The summed E-state index contributed by atoms with van der Waals surface area (Å²) in [7, 11) is 0. The van der Waals surface area contributed by atoms with Gasteiger partial charge in [0.1, 0.15) is 6.10 Å². The van der Waals surface area contributed by atoms with Crippen molar-refractivity contribution in [2.75, 3.05) is 0 Å². The van der Waals surface area contributed by atoms with Crippen LogP contribution in [0.1, 0.15) is 26.7 Å². The van der Waals surface area contributed by atoms with Crippen molar-refractivity contribution in [3.05, 3.63) is 12.2 Å². The molecule has 0 fully saturated rings. The number of hydrogen-bond acceptors (Lipinski definition) is 2. The van der Waals surface area contributed by atoms with Crippen molar-refractivity contribution in [1.29, 1.82) is 0 Å². The molecule has 2 unspecified atom stereocenters. The highest BCUT2D eigenvalue weighted by molar-refractivity contribution is 6.21. The maximum absolute atomic E-state index is 11.2. The Balaban J connectivity index is 2.38. The molecule has 3 heteroatoms. The minimum atomic E-state index is -0.136. The van der Waals surface area contributed by atoms with Crippen LogP contribution in [0.25, 0.3) is 0 Å². The van der Waals surface area contributed by atoms with Crippen molar-refractivity contribution in [2.45, 2.75) is 38.2 Å². The van der Waals surface area contributed by atoms with Crippen molar-refractivity contribution >= 4 is 17.6 Å². The van der Waals surface area contributed by atoms with E-state index in [1.54, 1.807) is 0 Å². The summed E-state index contributed by atoms with van der Waals surface area (Å²) in [5, 5.41) is 0.106. The highest BCUT2D eigenvalue weighted by atomic mass is 35.5. The number of hydrogen-bond donors (Lipinski definition) is 0. The van der Waals surface area contributed by atoms with Gasteiger partial charge in [0.25, 0.3) is 0 Å². The molecule has 0 saturated carbocycles. The number of carbonyl (C=O) groups is 1. The summed E-state index contributed by atoms with van der Waals surface area (Å²) in [6.45, 7) is 3.67. The molecule has 0 N–H and O–H groups in total. The fourth-order valence-electron chi connectivity index (χ4n) is 1.14. The van der Waals surface area contributed by atoms with E-state index >= 15 is 0 Å². The summed E-state index contributed by atoms with van der Waals surface area (Å²) in [4.78, 5) is 11.2. The Labute approximate surface area is 83.9 Å². The van der Waals surface area contributed by atoms with E-state index in [1.165, 1.54) is 0 Å². The monoisotopic (exact) mass is 202 g/mol. The summed E-state index contributed by atoms with van der Waals surface area (Å²) in [5.41, 5.74) is 0. The van der Waals surface area contributed by atoms with Gasteiger partial charge in [-0.05, 0) is 18.9 Å². The lowest BCUT2D eigenvalue weighted by Crippen LogP contribution is -2.23. The maximum atomic E-state index is 11.2. The zero-order valence-electron chi connectivity index (χ0n) is 8.00. The number of esters is 1. The van der Waals surface area contributed by atoms with Crippen LogP contribution in [0.3, 0.4) is 0 Å². The van der Waals surface area contributed by atoms with Crippen LogP contribution in [-0.4, -0.2) is 17.5 Å². The highest BCUT2D eigenvalue weighted by Crippen LogP contribution is 2.19. The molecule has 0 aromatic heterocycles. The molecule has 0 bridgehead atoms. The van der Waals surface area contributed by atoms with Gasteiger partial charge >= 0.3 is 5.97 Å². The van der Waals surface area contributed by atoms with Crippen LogP contribution in [-0.2, 0) is 9.53 Å². The second-order valence-corrected chi connectivity index (χ2v) is 4.17. The first-order valence-corrected chi connectivity index (χ1v) is 5.06. The first-order valence-electron chi connectivity index (χ1n) is 4.62. The average molecular weight is 203 g/mol. The summed E-state index contributed by atoms with van der Waals surface area (Å²) in [5.74, 6) is -0.190. The van der Waals surface area contributed by atoms with Gasteiger partial charge in [0.05, 0.1) is 11.3 Å². The zero-order valence-corrected chi connectivity index (χ0v) is 8.75. The number of allylic oxidation sites excluding steroid dienone is 1. The van der Waals surface area contributed by atoms with Crippen LogP contribution < -0.4 is 0 Å². The maximum Gasteiger partial charge on any atom is 0.308 e. The van der Waals surface area contributed by atoms with E-state index in [0.717, 1.165) is 12.8 Å². The topological polar surface area (TPSA) is 26.3 Å². The summed E-state index contributed by atoms with van der Waals surface area (Å²) in [6, 6.07) is 0. The fraction of sp³-hybridized carbons (Fsp3) is 0.700. The van der Waals surface area contributed by atoms with Gasteiger partial charge in [-0.1, -0.05) is 19.9 Å². The molecule has 0 radical (unpaired) electrons. The predicted molar refractivity (Wildman–Crippen MR) is 52.7 cm³/mol. The van der Waals surface area contributed by atoms with Gasteiger partial charge in [-0.25, -0.2) is 0 Å². The summed E-state index contributed by atoms with van der Waals surface area (Å²) in [6.07, 6.45) is 5.42. The Morgan fingerprint density at radius 1 is 1.46 bits per heavy atom. The van der Waals surface area contributed by atoms with Crippen LogP contribution >= 0.6 is 11.6 Å². The average Bonchev–Trinajstić information content (AvgIpc) is 2.08. The van der Waals surface area contributed by atoms with Crippen LogP contribution in [0.4, 0.5) is 0 Å². The molecule has 13 heavy (non-hydrogen) atoms. The molecule has 0 saturated heterocycles. The lowest BCUT2D eigenvalue weighted by Gasteiger charge is -2.20. The van der Waals surface area contributed by atoms with Gasteiger partial charge in [0.15, 0.2) is 0 Å². The number of rotatable bonds is 2. The quantitative estimate of drug-likeness (QED) is 0.391. The van der Waals surface area contributed by atoms with Gasteiger partial charge in [-0.2, -0.15) is 0 Å². The van der Waals surface area contributed by atoms with E-state index < -0.39 is 0 Å². The normalized spacial score (nSPS) is 27.7. The van der Waals surface area contributed by atoms with Gasteiger partial charge in [0.2, 0.25) is 0 Å². The molecule has 0 aromatic carbocycles. The lowest BCUT2D eigenvalue weighted by molar-refractivity contribution is -0.151. The molecule has 1 rings (SSSR count). The SMILES string of the molecule is CC(C)C(=O)OC1C=CC(Cl)CC1. The van der Waals surface area contributed by atoms with E-state index in [4.69, 9.17) is 16.3 Å². The largest absolute Gasteiger partial charge is 0.458 e. The van der Waals surface area contributed by atoms with E-state index in [1.807, 2.05) is 26.0 Å². The zero-order chi connectivity index (χ0) is 9.84. The molecule has 0 spiro atoms. The second kappa shape index (κ2) is 4.66. The third-order valence-electron chi connectivity index (χ3n) is 2.00. The molecule has 74 valence electrons. The van der Waals surface area contributed by atoms with Crippen molar-refractivity contribution in [1.82, 2.24) is 0 Å². The van der Waals surface area contributed by atoms with E-state index in [2.05, 4.69) is 0 Å². The molecule has 0 aliphatic heterocycles. The number of halogens is 1. The molecule has 0 heterocycles. The molecule has 1 aliphatic rings. The third-order valence-corrected chi connectivity index (χ3v) is 2.36. The first kappa shape index (κ1) is 10.6. The van der Waals surface area contributed by atoms with Crippen molar-refractivity contribution < 1.29 is 9.53 Å². The molecular weight excluding hydrogens is 188 g/mol. The summed E-state index contributed by atoms with van der Waals surface area (Å²) < 4.78 is 5.22. The third kappa shape index (κ3) is 3.39. The van der Waals surface area contributed by atoms with E-state index in [-0.39, 0.29) is 23.4 Å². The first-order chi connectivity index (χ1) is 6.09. The molecule has 2 nitrogen and oxygen atoms in total. The van der Waals surface area contributed by atoms with Crippen molar-refractivity contribution in [3.63, 3.8) is 0 Å². The Hall–Kier alpha value is -0.500. The molecule has 0 aromatic rings. The van der Waals surface area contributed by atoms with Crippen molar-refractivity contribution in [2.24, 2.45) is 5.92 Å². The molecular formula is C10H15ClO2. The van der Waals surface area contributed by atoms with Gasteiger partial charge < -0.3 is 4.74 Å². The van der Waals surface area contributed by atoms with Gasteiger partial charge in [0, 0.05) is 0 Å². The number of carbonyl (C=O) groups excluding carboxylic acids is 1. The molecule has 0 amide bonds. The molecule has 2 atom stereocenters. The van der Waals surface area contributed by atoms with Gasteiger partial charge in [-0.3, -0.25) is 4.79 Å². The van der Waals surface area contributed by atoms with E-state index in [9.17, 15) is 4.79 Å². The Bertz CT molecular complexity index is 211. The van der Waals surface area contributed by atoms with Crippen molar-refractivity contribution in [3.8, 4) is 0 Å². The Morgan fingerprint density at radius 2 is 2.15 bits per heavy atom. The number of ether oxygens (including phenoxy) is 1. The summed E-state index contributed by atoms with van der Waals surface area (Å²) >= 11 is 5.85. The fourth-order valence-corrected chi connectivity index (χ4v) is 1.35. The van der Waals surface area contributed by atoms with Crippen LogP contribution in [0, 0.1) is 5.92 Å². The lowest BCUT2D eigenvalue weighted by atomic mass is 10.0. The highest BCUT2D eigenvalue weighted by Gasteiger charge is 2.18. The minimum absolute atomic E-state index is 0.0536. The Kier molecular flexibility index (Phi) is 3.79. The van der Waals surface area contributed by atoms with E-state index in [0.29, 0.717) is 0 Å². The minimum Gasteiger partial charge on any atom is -0.458 e. The number of alkyl halides is 1. The smallest absolute Gasteiger partial charge is 0.308 e. The van der Waals surface area contributed by atoms with Crippen LogP contribution in [0.15, 0.2) is 12.2 Å².